The van der Waals surface area contributed by atoms with Gasteiger partial charge in [0.1, 0.15) is 10.7 Å². The molecule has 0 aromatic carbocycles. The van der Waals surface area contributed by atoms with Gasteiger partial charge in [0.15, 0.2) is 0 Å². The molecule has 3 rings (SSSR count). The molecule has 0 saturated carbocycles. The molecule has 2 amide bonds. The molecule has 0 aliphatic carbocycles. The van der Waals surface area contributed by atoms with E-state index >= 15 is 0 Å². The molecule has 0 atom stereocenters. The minimum Gasteiger partial charge on any atom is -0.345 e. The average Bonchev–Trinajstić information content (AvgIpc) is 3.26. The summed E-state index contributed by atoms with van der Waals surface area (Å²) < 4.78 is 4.37. The molecule has 0 bridgehead atoms. The fraction of sp³-hybridized carbons (Fsp3) is 0.176. The number of aromatic nitrogens is 2. The third kappa shape index (κ3) is 3.40. The molecular weight excluding hydrogens is 404 g/mol. The van der Waals surface area contributed by atoms with E-state index in [4.69, 9.17) is 0 Å². The smallest absolute Gasteiger partial charge is 0.286 e. The summed E-state index contributed by atoms with van der Waals surface area (Å²) in [6.07, 6.45) is 5.55. The highest BCUT2D eigenvalue weighted by Gasteiger charge is 2.21. The normalized spacial score (nSPS) is 10.7. The number of hydrogen-bond donors (Lipinski definition) is 2. The summed E-state index contributed by atoms with van der Waals surface area (Å²) in [6.45, 7) is 3.88. The van der Waals surface area contributed by atoms with Gasteiger partial charge in [0.05, 0.1) is 5.56 Å². The quantitative estimate of drug-likeness (QED) is 0.638. The average molecular weight is 421 g/mol. The molecule has 130 valence electrons. The number of amides is 2. The topological polar surface area (TPSA) is 68.1 Å². The minimum atomic E-state index is -0.381. The van der Waals surface area contributed by atoms with Crippen molar-refractivity contribution in [2.75, 3.05) is 0 Å². The van der Waals surface area contributed by atoms with Crippen LogP contribution in [0.25, 0.3) is 5.00 Å². The largest absolute Gasteiger partial charge is 0.345 e. The van der Waals surface area contributed by atoms with Gasteiger partial charge in [-0.15, -0.1) is 11.3 Å². The summed E-state index contributed by atoms with van der Waals surface area (Å²) in [5.74, 6) is -0.721. The number of carbonyl (C=O) groups is 2. The zero-order valence-corrected chi connectivity index (χ0v) is 16.4. The van der Waals surface area contributed by atoms with Crippen molar-refractivity contribution in [3.8, 4) is 5.00 Å². The van der Waals surface area contributed by atoms with E-state index in [1.807, 2.05) is 42.9 Å². The molecule has 25 heavy (non-hydrogen) atoms. The monoisotopic (exact) mass is 420 g/mol. The van der Waals surface area contributed by atoms with Crippen molar-refractivity contribution >= 4 is 39.1 Å². The second-order valence-corrected chi connectivity index (χ2v) is 7.74. The SMILES string of the molecule is Cc1sc(-n2cccc2)c(C(=O)NNC(=O)c2cc(Br)cn2C)c1C. The lowest BCUT2D eigenvalue weighted by Crippen LogP contribution is -2.42. The van der Waals surface area contributed by atoms with E-state index in [9.17, 15) is 9.59 Å². The lowest BCUT2D eigenvalue weighted by atomic mass is 10.1. The molecule has 6 nitrogen and oxygen atoms in total. The number of hydrogen-bond acceptors (Lipinski definition) is 3. The first-order valence-electron chi connectivity index (χ1n) is 7.54. The number of aryl methyl sites for hydroxylation is 2. The van der Waals surface area contributed by atoms with Gasteiger partial charge in [-0.1, -0.05) is 0 Å². The fourth-order valence-corrected chi connectivity index (χ4v) is 4.16. The number of hydrazine groups is 1. The van der Waals surface area contributed by atoms with E-state index in [0.29, 0.717) is 11.3 Å². The highest BCUT2D eigenvalue weighted by Crippen LogP contribution is 2.30. The first-order chi connectivity index (χ1) is 11.9. The molecule has 3 aromatic rings. The van der Waals surface area contributed by atoms with E-state index in [0.717, 1.165) is 19.9 Å². The van der Waals surface area contributed by atoms with Crippen molar-refractivity contribution in [3.63, 3.8) is 0 Å². The van der Waals surface area contributed by atoms with E-state index in [-0.39, 0.29) is 11.8 Å². The molecule has 0 unspecified atom stereocenters. The number of nitrogens with zero attached hydrogens (tertiary/aromatic N) is 2. The van der Waals surface area contributed by atoms with Gasteiger partial charge in [-0.2, -0.15) is 0 Å². The van der Waals surface area contributed by atoms with E-state index < -0.39 is 0 Å². The van der Waals surface area contributed by atoms with Gasteiger partial charge < -0.3 is 9.13 Å². The summed E-state index contributed by atoms with van der Waals surface area (Å²) in [5, 5.41) is 0.827. The van der Waals surface area contributed by atoms with Crippen molar-refractivity contribution in [1.82, 2.24) is 20.0 Å². The van der Waals surface area contributed by atoms with Crippen LogP contribution in [0.2, 0.25) is 0 Å². The van der Waals surface area contributed by atoms with Crippen LogP contribution in [0.4, 0.5) is 0 Å². The van der Waals surface area contributed by atoms with Crippen LogP contribution in [-0.4, -0.2) is 20.9 Å². The Hall–Kier alpha value is -2.32. The first kappa shape index (κ1) is 17.5. The van der Waals surface area contributed by atoms with Crippen molar-refractivity contribution in [1.29, 1.82) is 0 Å². The first-order valence-corrected chi connectivity index (χ1v) is 9.15. The second kappa shape index (κ2) is 6.89. The van der Waals surface area contributed by atoms with Crippen molar-refractivity contribution in [2.24, 2.45) is 7.05 Å². The van der Waals surface area contributed by atoms with Crippen LogP contribution in [-0.2, 0) is 7.05 Å². The molecule has 0 fully saturated rings. The van der Waals surface area contributed by atoms with Crippen molar-refractivity contribution in [2.45, 2.75) is 13.8 Å². The predicted octanol–water partition coefficient (Wildman–Crippen LogP) is 3.33. The number of carbonyl (C=O) groups excluding carboxylic acids is 2. The lowest BCUT2D eigenvalue weighted by Gasteiger charge is -2.10. The van der Waals surface area contributed by atoms with Crippen LogP contribution < -0.4 is 10.9 Å². The number of nitrogens with one attached hydrogen (secondary N) is 2. The van der Waals surface area contributed by atoms with Crippen LogP contribution in [0.1, 0.15) is 31.3 Å². The maximum Gasteiger partial charge on any atom is 0.286 e. The Kier molecular flexibility index (Phi) is 4.82. The van der Waals surface area contributed by atoms with E-state index in [1.165, 1.54) is 0 Å². The molecule has 3 heterocycles. The van der Waals surface area contributed by atoms with Crippen LogP contribution in [0, 0.1) is 13.8 Å². The van der Waals surface area contributed by atoms with Gasteiger partial charge in [-0.05, 0) is 53.5 Å². The zero-order valence-electron chi connectivity index (χ0n) is 14.0. The zero-order chi connectivity index (χ0) is 18.1. The molecule has 0 radical (unpaired) electrons. The predicted molar refractivity (Wildman–Crippen MR) is 101 cm³/mol. The Bertz CT molecular complexity index is 940. The Morgan fingerprint density at radius 3 is 2.36 bits per heavy atom. The third-order valence-corrected chi connectivity index (χ3v) is 5.58. The number of thiophene rings is 1. The lowest BCUT2D eigenvalue weighted by molar-refractivity contribution is 0.0842. The maximum atomic E-state index is 12.7. The van der Waals surface area contributed by atoms with Crippen molar-refractivity contribution in [3.05, 3.63) is 63.0 Å². The number of rotatable bonds is 3. The molecule has 0 aliphatic heterocycles. The summed E-state index contributed by atoms with van der Waals surface area (Å²) >= 11 is 4.86. The Morgan fingerprint density at radius 2 is 1.76 bits per heavy atom. The fourth-order valence-electron chi connectivity index (χ4n) is 2.52. The highest BCUT2D eigenvalue weighted by atomic mass is 79.9. The Balaban J connectivity index is 1.80. The number of halogens is 1. The molecule has 0 aliphatic rings. The highest BCUT2D eigenvalue weighted by molar-refractivity contribution is 9.10. The molecule has 0 saturated heterocycles. The Morgan fingerprint density at radius 1 is 1.12 bits per heavy atom. The molecule has 8 heteroatoms. The summed E-state index contributed by atoms with van der Waals surface area (Å²) in [6, 6.07) is 5.49. The van der Waals surface area contributed by atoms with Crippen LogP contribution >= 0.6 is 27.3 Å². The van der Waals surface area contributed by atoms with Crippen LogP contribution in [0.5, 0.6) is 0 Å². The van der Waals surface area contributed by atoms with Gasteiger partial charge in [-0.25, -0.2) is 0 Å². The van der Waals surface area contributed by atoms with Gasteiger partial charge in [0.2, 0.25) is 0 Å². The third-order valence-electron chi connectivity index (χ3n) is 3.93. The van der Waals surface area contributed by atoms with Gasteiger partial charge in [0.25, 0.3) is 11.8 Å². The van der Waals surface area contributed by atoms with Crippen LogP contribution in [0.3, 0.4) is 0 Å². The molecule has 2 N–H and O–H groups in total. The van der Waals surface area contributed by atoms with E-state index in [1.54, 1.807) is 35.2 Å². The Labute approximate surface area is 157 Å². The van der Waals surface area contributed by atoms with Gasteiger partial charge in [0, 0.05) is 35.0 Å². The summed E-state index contributed by atoms with van der Waals surface area (Å²) in [5.41, 5.74) is 6.90. The summed E-state index contributed by atoms with van der Waals surface area (Å²) in [4.78, 5) is 26.0. The standard InChI is InChI=1S/C17H17BrN4O2S/c1-10-11(2)25-17(22-6-4-5-7-22)14(10)16(24)20-19-15(23)13-8-12(18)9-21(13)3/h4-9H,1-3H3,(H,19,23)(H,20,24). The second-order valence-electron chi connectivity index (χ2n) is 5.62. The van der Waals surface area contributed by atoms with Gasteiger partial charge >= 0.3 is 0 Å². The summed E-state index contributed by atoms with van der Waals surface area (Å²) in [7, 11) is 1.76. The minimum absolute atomic E-state index is 0.341. The molecule has 0 spiro atoms. The maximum absolute atomic E-state index is 12.7. The van der Waals surface area contributed by atoms with E-state index in [2.05, 4.69) is 26.8 Å². The molecular formula is C17H17BrN4O2S. The van der Waals surface area contributed by atoms with Gasteiger partial charge in [-0.3, -0.25) is 20.4 Å². The van der Waals surface area contributed by atoms with Crippen molar-refractivity contribution < 1.29 is 9.59 Å². The van der Waals surface area contributed by atoms with Crippen LogP contribution in [0.15, 0.2) is 41.3 Å². The molecule has 3 aromatic heterocycles.